The van der Waals surface area contributed by atoms with Crippen LogP contribution in [0.5, 0.6) is 0 Å². The van der Waals surface area contributed by atoms with Gasteiger partial charge in [-0.25, -0.2) is 0 Å². The third-order valence-electron chi connectivity index (χ3n) is 5.89. The van der Waals surface area contributed by atoms with Crippen LogP contribution in [0, 0.1) is 16.2 Å². The lowest BCUT2D eigenvalue weighted by Gasteiger charge is -2.53. The summed E-state index contributed by atoms with van der Waals surface area (Å²) < 4.78 is 6.50. The summed E-state index contributed by atoms with van der Waals surface area (Å²) in [7, 11) is 0. The Balaban J connectivity index is 3.32. The summed E-state index contributed by atoms with van der Waals surface area (Å²) in [6.07, 6.45) is 4.10. The fraction of sp³-hybridized carbons (Fsp3) is 1.00. The average Bonchev–Trinajstić information content (AvgIpc) is 2.30. The van der Waals surface area contributed by atoms with E-state index in [-0.39, 0.29) is 27.9 Å². The first-order chi connectivity index (χ1) is 11.0. The highest BCUT2D eigenvalue weighted by atomic mass is 16.5. The summed E-state index contributed by atoms with van der Waals surface area (Å²) in [6.45, 7) is 29.7. The highest BCUT2D eigenvalue weighted by Gasteiger charge is 2.45. The van der Waals surface area contributed by atoms with Gasteiger partial charge in [0.25, 0.3) is 0 Å². The summed E-state index contributed by atoms with van der Waals surface area (Å²) in [5.41, 5.74) is 0.897. The Morgan fingerprint density at radius 2 is 1.32 bits per heavy atom. The molecule has 1 atom stereocenters. The monoisotopic (exact) mass is 353 g/mol. The zero-order valence-electron chi connectivity index (χ0n) is 19.4. The van der Waals surface area contributed by atoms with Crippen LogP contribution in [0.25, 0.3) is 0 Å². The summed E-state index contributed by atoms with van der Waals surface area (Å²) >= 11 is 0. The zero-order chi connectivity index (χ0) is 19.8. The van der Waals surface area contributed by atoms with Gasteiger partial charge >= 0.3 is 0 Å². The largest absolute Gasteiger partial charge is 0.375 e. The van der Waals surface area contributed by atoms with Gasteiger partial charge in [-0.3, -0.25) is 4.90 Å². The van der Waals surface area contributed by atoms with E-state index in [1.54, 1.807) is 0 Å². The zero-order valence-corrected chi connectivity index (χ0v) is 19.4. The molecule has 1 aliphatic heterocycles. The predicted octanol–water partition coefficient (Wildman–Crippen LogP) is 6.53. The quantitative estimate of drug-likeness (QED) is 0.572. The van der Waals surface area contributed by atoms with Crippen molar-refractivity contribution in [2.75, 3.05) is 6.54 Å². The average molecular weight is 354 g/mol. The summed E-state index contributed by atoms with van der Waals surface area (Å²) in [6, 6.07) is 0.565. The van der Waals surface area contributed by atoms with Gasteiger partial charge in [-0.2, -0.15) is 0 Å². The number of hydrogen-bond donors (Lipinski definition) is 0. The number of rotatable bonds is 3. The van der Waals surface area contributed by atoms with Crippen molar-refractivity contribution in [3.05, 3.63) is 0 Å². The second kappa shape index (κ2) is 7.50. The van der Waals surface area contributed by atoms with Gasteiger partial charge in [0.05, 0.1) is 12.2 Å². The maximum Gasteiger partial charge on any atom is 0.0634 e. The molecule has 1 aliphatic rings. The summed E-state index contributed by atoms with van der Waals surface area (Å²) in [5.74, 6) is 0. The van der Waals surface area contributed by atoms with Gasteiger partial charge < -0.3 is 4.74 Å². The van der Waals surface area contributed by atoms with Gasteiger partial charge in [-0.05, 0) is 77.0 Å². The Bertz CT molecular complexity index is 431. The molecule has 1 rings (SSSR count). The molecule has 2 heteroatoms. The minimum atomic E-state index is 0.176. The van der Waals surface area contributed by atoms with Crippen molar-refractivity contribution in [2.24, 2.45) is 16.2 Å². The van der Waals surface area contributed by atoms with Crippen LogP contribution in [0.4, 0.5) is 0 Å². The van der Waals surface area contributed by atoms with Crippen molar-refractivity contribution in [3.8, 4) is 0 Å². The van der Waals surface area contributed by atoms with Crippen LogP contribution in [-0.2, 0) is 4.74 Å². The fourth-order valence-corrected chi connectivity index (χ4v) is 5.64. The Kier molecular flexibility index (Phi) is 6.89. The highest BCUT2D eigenvalue weighted by molar-refractivity contribution is 4.98. The second-order valence-electron chi connectivity index (χ2n) is 12.1. The van der Waals surface area contributed by atoms with Gasteiger partial charge in [-0.1, -0.05) is 41.5 Å². The van der Waals surface area contributed by atoms with Crippen molar-refractivity contribution in [1.29, 1.82) is 0 Å². The van der Waals surface area contributed by atoms with Crippen LogP contribution in [0.15, 0.2) is 0 Å². The molecular formula is C23H47NO. The van der Waals surface area contributed by atoms with E-state index in [1.807, 2.05) is 0 Å². The van der Waals surface area contributed by atoms with Crippen molar-refractivity contribution < 1.29 is 4.74 Å². The Morgan fingerprint density at radius 1 is 0.800 bits per heavy atom. The van der Waals surface area contributed by atoms with E-state index in [1.165, 1.54) is 12.8 Å². The predicted molar refractivity (Wildman–Crippen MR) is 111 cm³/mol. The van der Waals surface area contributed by atoms with Crippen LogP contribution in [0.3, 0.4) is 0 Å². The maximum absolute atomic E-state index is 6.50. The Hall–Kier alpha value is -0.0800. The minimum absolute atomic E-state index is 0.176. The number of nitrogens with zero attached hydrogens (tertiary/aromatic N) is 1. The normalized spacial score (nSPS) is 29.8. The van der Waals surface area contributed by atoms with Crippen LogP contribution >= 0.6 is 0 Å². The van der Waals surface area contributed by atoms with E-state index in [0.29, 0.717) is 12.1 Å². The van der Waals surface area contributed by atoms with E-state index in [2.05, 4.69) is 88.0 Å². The molecule has 1 heterocycles. The maximum atomic E-state index is 6.50. The molecule has 0 bridgehead atoms. The molecule has 0 aromatic heterocycles. The van der Waals surface area contributed by atoms with Crippen molar-refractivity contribution in [1.82, 2.24) is 4.90 Å². The van der Waals surface area contributed by atoms with Crippen LogP contribution < -0.4 is 0 Å². The molecule has 150 valence electrons. The van der Waals surface area contributed by atoms with Crippen LogP contribution in [-0.4, -0.2) is 35.2 Å². The standard InChI is InChI=1S/C23H47NO/c1-17(2)24-16-21(7,8)14-22(9,10)19(25-18(3)4)13-20(5,6)15-23(24,11)12/h17-19H,13-16H2,1-12H3. The first kappa shape index (κ1) is 23.0. The Labute approximate surface area is 159 Å². The van der Waals surface area contributed by atoms with Crippen molar-refractivity contribution >= 4 is 0 Å². The topological polar surface area (TPSA) is 12.5 Å². The van der Waals surface area contributed by atoms with E-state index in [9.17, 15) is 0 Å². The van der Waals surface area contributed by atoms with E-state index < -0.39 is 0 Å². The molecule has 0 amide bonds. The van der Waals surface area contributed by atoms with E-state index >= 15 is 0 Å². The SMILES string of the molecule is CC(C)OC1CC(C)(C)CC(C)(C)N(C(C)C)CC(C)(C)CC1(C)C. The molecule has 2 nitrogen and oxygen atoms in total. The van der Waals surface area contributed by atoms with Crippen LogP contribution in [0.2, 0.25) is 0 Å². The molecule has 1 saturated heterocycles. The summed E-state index contributed by atoms with van der Waals surface area (Å²) in [5, 5.41) is 0. The van der Waals surface area contributed by atoms with Gasteiger partial charge in [0, 0.05) is 18.1 Å². The lowest BCUT2D eigenvalue weighted by molar-refractivity contribution is -0.110. The third-order valence-corrected chi connectivity index (χ3v) is 5.89. The van der Waals surface area contributed by atoms with Gasteiger partial charge in [0.2, 0.25) is 0 Å². The molecule has 0 aromatic rings. The Morgan fingerprint density at radius 3 is 1.76 bits per heavy atom. The first-order valence-electron chi connectivity index (χ1n) is 10.4. The second-order valence-corrected chi connectivity index (χ2v) is 12.1. The molecule has 0 saturated carbocycles. The fourth-order valence-electron chi connectivity index (χ4n) is 5.64. The molecule has 25 heavy (non-hydrogen) atoms. The number of hydrogen-bond acceptors (Lipinski definition) is 2. The molecule has 0 aromatic carbocycles. The number of ether oxygens (including phenoxy) is 1. The molecular weight excluding hydrogens is 306 g/mol. The lowest BCUT2D eigenvalue weighted by Crippen LogP contribution is -2.56. The van der Waals surface area contributed by atoms with Crippen molar-refractivity contribution in [3.63, 3.8) is 0 Å². The molecule has 0 N–H and O–H groups in total. The van der Waals surface area contributed by atoms with Gasteiger partial charge in [0.1, 0.15) is 0 Å². The smallest absolute Gasteiger partial charge is 0.0634 e. The summed E-state index contributed by atoms with van der Waals surface area (Å²) in [4.78, 5) is 2.74. The van der Waals surface area contributed by atoms with Gasteiger partial charge in [-0.15, -0.1) is 0 Å². The molecule has 0 spiro atoms. The third kappa shape index (κ3) is 6.54. The lowest BCUT2D eigenvalue weighted by atomic mass is 9.65. The molecule has 1 fully saturated rings. The first-order valence-corrected chi connectivity index (χ1v) is 10.4. The van der Waals surface area contributed by atoms with Crippen LogP contribution in [0.1, 0.15) is 102 Å². The van der Waals surface area contributed by atoms with E-state index in [0.717, 1.165) is 13.0 Å². The van der Waals surface area contributed by atoms with Gasteiger partial charge in [0.15, 0.2) is 0 Å². The molecule has 0 aliphatic carbocycles. The highest BCUT2D eigenvalue weighted by Crippen LogP contribution is 2.47. The minimum Gasteiger partial charge on any atom is -0.375 e. The van der Waals surface area contributed by atoms with E-state index in [4.69, 9.17) is 4.74 Å². The molecule has 1 unspecified atom stereocenters. The molecule has 0 radical (unpaired) electrons. The van der Waals surface area contributed by atoms with Crippen molar-refractivity contribution in [2.45, 2.75) is 126 Å².